The van der Waals surface area contributed by atoms with E-state index in [1.807, 2.05) is 12.1 Å². The zero-order chi connectivity index (χ0) is 14.1. The summed E-state index contributed by atoms with van der Waals surface area (Å²) in [6.45, 7) is 4.19. The Morgan fingerprint density at radius 2 is 1.80 bits per heavy atom. The molecule has 3 aromatic rings. The Bertz CT molecular complexity index is 737. The van der Waals surface area contributed by atoms with E-state index in [2.05, 4.69) is 29.1 Å². The van der Waals surface area contributed by atoms with E-state index in [-0.39, 0.29) is 5.82 Å². The van der Waals surface area contributed by atoms with E-state index in [9.17, 15) is 4.39 Å². The van der Waals surface area contributed by atoms with Crippen LogP contribution in [-0.4, -0.2) is 25.1 Å². The minimum Gasteiger partial charge on any atom is -0.207 e. The van der Waals surface area contributed by atoms with Crippen LogP contribution in [0.5, 0.6) is 0 Å². The molecule has 0 saturated heterocycles. The Morgan fingerprint density at radius 1 is 1.05 bits per heavy atom. The molecule has 0 radical (unpaired) electrons. The monoisotopic (exact) mass is 288 g/mol. The van der Waals surface area contributed by atoms with Crippen LogP contribution in [0, 0.1) is 5.82 Å². The summed E-state index contributed by atoms with van der Waals surface area (Å²) in [7, 11) is 0. The van der Waals surface area contributed by atoms with Gasteiger partial charge in [0.05, 0.1) is 5.69 Å². The average molecular weight is 288 g/mol. The lowest BCUT2D eigenvalue weighted by atomic mass is 10.1. The zero-order valence-electron chi connectivity index (χ0n) is 11.1. The summed E-state index contributed by atoms with van der Waals surface area (Å²) in [5, 5.41) is 13.9. The molecule has 0 aliphatic heterocycles. The number of aromatic nitrogens is 4. The standard InChI is InChI=1S/C14H13FN4S/c1-9(2)20-14-17-16-13-8-7-12(18-19(13)14)10-3-5-11(15)6-4-10/h3-9H,1-2H3. The first kappa shape index (κ1) is 13.1. The molecule has 0 atom stereocenters. The molecule has 0 aliphatic rings. The molecule has 4 nitrogen and oxygen atoms in total. The van der Waals surface area contributed by atoms with Crippen LogP contribution in [0.4, 0.5) is 4.39 Å². The third-order valence-corrected chi connectivity index (χ3v) is 3.65. The lowest BCUT2D eigenvalue weighted by molar-refractivity contribution is 0.628. The van der Waals surface area contributed by atoms with Crippen LogP contribution in [-0.2, 0) is 0 Å². The molecule has 0 fully saturated rings. The molecule has 0 bridgehead atoms. The Balaban J connectivity index is 2.06. The molecular formula is C14H13FN4S. The van der Waals surface area contributed by atoms with E-state index in [4.69, 9.17) is 0 Å². The van der Waals surface area contributed by atoms with Gasteiger partial charge in [0, 0.05) is 10.8 Å². The third kappa shape index (κ3) is 2.51. The Hall–Kier alpha value is -1.95. The van der Waals surface area contributed by atoms with Gasteiger partial charge in [-0.3, -0.25) is 0 Å². The van der Waals surface area contributed by atoms with Gasteiger partial charge in [0.25, 0.3) is 0 Å². The van der Waals surface area contributed by atoms with E-state index >= 15 is 0 Å². The second-order valence-electron chi connectivity index (χ2n) is 4.64. The molecule has 6 heteroatoms. The van der Waals surface area contributed by atoms with Gasteiger partial charge < -0.3 is 0 Å². The van der Waals surface area contributed by atoms with E-state index in [1.54, 1.807) is 28.4 Å². The van der Waals surface area contributed by atoms with Gasteiger partial charge in [-0.2, -0.15) is 9.61 Å². The van der Waals surface area contributed by atoms with Crippen LogP contribution < -0.4 is 0 Å². The minimum atomic E-state index is -0.254. The van der Waals surface area contributed by atoms with Crippen LogP contribution in [0.3, 0.4) is 0 Å². The fourth-order valence-corrected chi connectivity index (χ4v) is 2.57. The number of thioether (sulfide) groups is 1. The van der Waals surface area contributed by atoms with Crippen molar-refractivity contribution in [2.75, 3.05) is 0 Å². The topological polar surface area (TPSA) is 43.1 Å². The highest BCUT2D eigenvalue weighted by molar-refractivity contribution is 7.99. The molecule has 0 spiro atoms. The number of fused-ring (bicyclic) bond motifs is 1. The lowest BCUT2D eigenvalue weighted by Gasteiger charge is -2.04. The Labute approximate surface area is 120 Å². The van der Waals surface area contributed by atoms with Gasteiger partial charge in [-0.1, -0.05) is 25.6 Å². The van der Waals surface area contributed by atoms with E-state index in [0.717, 1.165) is 16.4 Å². The number of benzene rings is 1. The van der Waals surface area contributed by atoms with Crippen molar-refractivity contribution in [3.63, 3.8) is 0 Å². The average Bonchev–Trinajstić information content (AvgIpc) is 2.81. The molecule has 20 heavy (non-hydrogen) atoms. The van der Waals surface area contributed by atoms with Crippen LogP contribution in [0.2, 0.25) is 0 Å². The maximum Gasteiger partial charge on any atom is 0.212 e. The van der Waals surface area contributed by atoms with Crippen molar-refractivity contribution in [2.45, 2.75) is 24.3 Å². The van der Waals surface area contributed by atoms with Crippen molar-refractivity contribution in [3.8, 4) is 11.3 Å². The van der Waals surface area contributed by atoms with E-state index < -0.39 is 0 Å². The van der Waals surface area contributed by atoms with E-state index in [0.29, 0.717) is 10.9 Å². The lowest BCUT2D eigenvalue weighted by Crippen LogP contribution is -1.98. The zero-order valence-corrected chi connectivity index (χ0v) is 11.9. The first-order chi connectivity index (χ1) is 9.63. The van der Waals surface area contributed by atoms with Crippen molar-refractivity contribution >= 4 is 17.4 Å². The summed E-state index contributed by atoms with van der Waals surface area (Å²) >= 11 is 1.61. The van der Waals surface area contributed by atoms with Gasteiger partial charge in [-0.25, -0.2) is 4.39 Å². The highest BCUT2D eigenvalue weighted by Gasteiger charge is 2.10. The van der Waals surface area contributed by atoms with Gasteiger partial charge in [0.15, 0.2) is 5.65 Å². The maximum absolute atomic E-state index is 13.0. The molecule has 0 N–H and O–H groups in total. The van der Waals surface area contributed by atoms with Crippen LogP contribution in [0.1, 0.15) is 13.8 Å². The first-order valence-corrected chi connectivity index (χ1v) is 7.16. The van der Waals surface area contributed by atoms with Gasteiger partial charge in [0.2, 0.25) is 5.16 Å². The fourth-order valence-electron chi connectivity index (χ4n) is 1.83. The number of rotatable bonds is 3. The Morgan fingerprint density at radius 3 is 2.50 bits per heavy atom. The second kappa shape index (κ2) is 5.20. The smallest absolute Gasteiger partial charge is 0.207 e. The summed E-state index contributed by atoms with van der Waals surface area (Å²) in [4.78, 5) is 0. The highest BCUT2D eigenvalue weighted by atomic mass is 32.2. The predicted molar refractivity (Wildman–Crippen MR) is 77.2 cm³/mol. The molecule has 2 aromatic heterocycles. The van der Waals surface area contributed by atoms with Crippen molar-refractivity contribution in [1.29, 1.82) is 0 Å². The van der Waals surface area contributed by atoms with Gasteiger partial charge in [0.1, 0.15) is 5.82 Å². The quantitative estimate of drug-likeness (QED) is 0.693. The minimum absolute atomic E-state index is 0.254. The van der Waals surface area contributed by atoms with Crippen molar-refractivity contribution < 1.29 is 4.39 Å². The molecule has 102 valence electrons. The van der Waals surface area contributed by atoms with Gasteiger partial charge in [-0.05, 0) is 36.4 Å². The normalized spacial score (nSPS) is 11.4. The molecule has 0 unspecified atom stereocenters. The molecule has 0 aliphatic carbocycles. The third-order valence-electron chi connectivity index (χ3n) is 2.72. The number of hydrogen-bond donors (Lipinski definition) is 0. The molecule has 2 heterocycles. The molecule has 3 rings (SSSR count). The maximum atomic E-state index is 13.0. The Kier molecular flexibility index (Phi) is 3.40. The van der Waals surface area contributed by atoms with Gasteiger partial charge >= 0.3 is 0 Å². The summed E-state index contributed by atoms with van der Waals surface area (Å²) in [5.41, 5.74) is 2.34. The highest BCUT2D eigenvalue weighted by Crippen LogP contribution is 2.23. The van der Waals surface area contributed by atoms with Crippen LogP contribution in [0.15, 0.2) is 41.6 Å². The van der Waals surface area contributed by atoms with E-state index in [1.165, 1.54) is 12.1 Å². The molecule has 1 aromatic carbocycles. The molecule has 0 amide bonds. The summed E-state index contributed by atoms with van der Waals surface area (Å²) in [6, 6.07) is 10.0. The summed E-state index contributed by atoms with van der Waals surface area (Å²) in [6.07, 6.45) is 0. The van der Waals surface area contributed by atoms with Crippen molar-refractivity contribution in [1.82, 2.24) is 19.8 Å². The van der Waals surface area contributed by atoms with Gasteiger partial charge in [-0.15, -0.1) is 10.2 Å². The number of nitrogens with zero attached hydrogens (tertiary/aromatic N) is 4. The summed E-state index contributed by atoms with van der Waals surface area (Å²) < 4.78 is 14.7. The predicted octanol–water partition coefficient (Wildman–Crippen LogP) is 3.43. The first-order valence-electron chi connectivity index (χ1n) is 6.28. The largest absolute Gasteiger partial charge is 0.212 e. The van der Waals surface area contributed by atoms with Crippen LogP contribution in [0.25, 0.3) is 16.9 Å². The molecular weight excluding hydrogens is 275 g/mol. The van der Waals surface area contributed by atoms with Crippen molar-refractivity contribution in [2.24, 2.45) is 0 Å². The fraction of sp³-hybridized carbons (Fsp3) is 0.214. The number of hydrogen-bond acceptors (Lipinski definition) is 4. The van der Waals surface area contributed by atoms with Crippen LogP contribution >= 0.6 is 11.8 Å². The molecule has 0 saturated carbocycles. The number of halogens is 1. The second-order valence-corrected chi connectivity index (χ2v) is 6.19. The summed E-state index contributed by atoms with van der Waals surface area (Å²) in [5.74, 6) is -0.254. The SMILES string of the molecule is CC(C)Sc1nnc2ccc(-c3ccc(F)cc3)nn12. The van der Waals surface area contributed by atoms with Crippen molar-refractivity contribution in [3.05, 3.63) is 42.2 Å².